The molecular formula is C63H100N2O3S2. The lowest BCUT2D eigenvalue weighted by Gasteiger charge is -2.27. The molecule has 4 rings (SSSR count). The van der Waals surface area contributed by atoms with Gasteiger partial charge in [-0.1, -0.05) is 198 Å². The molecular weight excluding hydrogens is 897 g/mol. The predicted molar refractivity (Wildman–Crippen MR) is 308 cm³/mol. The normalized spacial score (nSPS) is 12.3. The minimum absolute atomic E-state index is 0.0365. The zero-order chi connectivity index (χ0) is 50.9. The standard InChI is InChI=1S/C63H100N2O3S2/c1-11-15-19-23-27-31-37-64(38-32-28-24-20-16-12-2)47-51-43-49(45-55(57(51)66)62(5,6)7)53-35-41-69-60(53)59(68)61-54(36-42-70-61)50-44-52(58(67)56(46-50)63(8,9)10)48-65(39-33-29-25-21-17-13-3)40-34-30-26-22-18-14-4/h35-36,41-46,66-67H,11-34,37-40,47-48H2,1-10H3. The number of hydrogen-bond acceptors (Lipinski definition) is 7. The van der Waals surface area contributed by atoms with E-state index in [1.54, 1.807) is 0 Å². The number of phenolic OH excluding ortho intramolecular Hbond substituents is 2. The van der Waals surface area contributed by atoms with Gasteiger partial charge < -0.3 is 10.2 Å². The van der Waals surface area contributed by atoms with Crippen molar-refractivity contribution in [3.63, 3.8) is 0 Å². The zero-order valence-electron chi connectivity index (χ0n) is 46.3. The van der Waals surface area contributed by atoms with Crippen molar-refractivity contribution in [1.29, 1.82) is 0 Å². The Morgan fingerprint density at radius 3 is 1.01 bits per heavy atom. The van der Waals surface area contributed by atoms with Gasteiger partial charge in [0.1, 0.15) is 11.5 Å². The Hall–Kier alpha value is -2.97. The SMILES string of the molecule is CCCCCCCCN(CCCCCCCC)Cc1cc(-c2ccsc2C(=O)c2sccc2-c2cc(CN(CCCCCCCC)CCCCCCCC)c(O)c(C(C)(C)C)c2)cc(C(C)(C)C)c1O. The van der Waals surface area contributed by atoms with Gasteiger partial charge in [0.2, 0.25) is 5.78 Å². The second kappa shape index (κ2) is 31.6. The van der Waals surface area contributed by atoms with E-state index >= 15 is 4.79 Å². The van der Waals surface area contributed by atoms with Gasteiger partial charge in [0.05, 0.1) is 9.75 Å². The summed E-state index contributed by atoms with van der Waals surface area (Å²) in [5, 5.41) is 28.2. The van der Waals surface area contributed by atoms with Gasteiger partial charge >= 0.3 is 0 Å². The molecule has 5 nitrogen and oxygen atoms in total. The Kier molecular flexibility index (Phi) is 26.9. The van der Waals surface area contributed by atoms with Gasteiger partial charge in [-0.2, -0.15) is 0 Å². The minimum atomic E-state index is -0.292. The van der Waals surface area contributed by atoms with Crippen LogP contribution in [0.1, 0.15) is 260 Å². The van der Waals surface area contributed by atoms with Crippen LogP contribution in [0.5, 0.6) is 11.5 Å². The van der Waals surface area contributed by atoms with E-state index in [9.17, 15) is 10.2 Å². The van der Waals surface area contributed by atoms with Crippen molar-refractivity contribution in [3.05, 3.63) is 79.2 Å². The molecule has 0 saturated carbocycles. The molecule has 70 heavy (non-hydrogen) atoms. The largest absolute Gasteiger partial charge is 0.507 e. The maximum absolute atomic E-state index is 15.1. The van der Waals surface area contributed by atoms with Gasteiger partial charge in [0, 0.05) is 46.5 Å². The molecule has 2 aromatic heterocycles. The second-order valence-corrected chi connectivity index (χ2v) is 24.7. The number of aromatic hydroxyl groups is 2. The van der Waals surface area contributed by atoms with Crippen LogP contribution < -0.4 is 0 Å². The van der Waals surface area contributed by atoms with Crippen LogP contribution in [-0.2, 0) is 23.9 Å². The summed E-state index contributed by atoms with van der Waals surface area (Å²) in [7, 11) is 0. The predicted octanol–water partition coefficient (Wildman–Crippen LogP) is 19.4. The lowest BCUT2D eigenvalue weighted by atomic mass is 9.82. The molecule has 0 amide bonds. The fraction of sp³-hybridized carbons (Fsp3) is 0.667. The van der Waals surface area contributed by atoms with Crippen LogP contribution in [0.3, 0.4) is 0 Å². The Balaban J connectivity index is 1.69. The number of ketones is 1. The number of unbranched alkanes of at least 4 members (excludes halogenated alkanes) is 20. The van der Waals surface area contributed by atoms with E-state index in [0.29, 0.717) is 24.6 Å². The molecule has 392 valence electrons. The van der Waals surface area contributed by atoms with E-state index in [2.05, 4.69) is 126 Å². The molecule has 0 atom stereocenters. The zero-order valence-corrected chi connectivity index (χ0v) is 48.0. The molecule has 7 heteroatoms. The molecule has 0 saturated heterocycles. The van der Waals surface area contributed by atoms with Crippen molar-refractivity contribution < 1.29 is 15.0 Å². The van der Waals surface area contributed by atoms with Crippen molar-refractivity contribution in [2.75, 3.05) is 26.2 Å². The highest BCUT2D eigenvalue weighted by Gasteiger charge is 2.28. The summed E-state index contributed by atoms with van der Waals surface area (Å²) in [4.78, 5) is 21.8. The molecule has 0 aliphatic heterocycles. The van der Waals surface area contributed by atoms with Crippen LogP contribution in [0.4, 0.5) is 0 Å². The van der Waals surface area contributed by atoms with Crippen LogP contribution in [0.15, 0.2) is 47.2 Å². The quantitative estimate of drug-likeness (QED) is 0.0351. The van der Waals surface area contributed by atoms with Crippen molar-refractivity contribution >= 4 is 28.5 Å². The van der Waals surface area contributed by atoms with Gasteiger partial charge in [-0.25, -0.2) is 0 Å². The van der Waals surface area contributed by atoms with Crippen LogP contribution in [-0.4, -0.2) is 52.0 Å². The van der Waals surface area contributed by atoms with Crippen LogP contribution in [0.2, 0.25) is 0 Å². The number of thiophene rings is 2. The summed E-state index contributed by atoms with van der Waals surface area (Å²) in [6, 6.07) is 12.9. The summed E-state index contributed by atoms with van der Waals surface area (Å²) in [5.41, 5.74) is 7.03. The highest BCUT2D eigenvalue weighted by atomic mass is 32.1. The number of rotatable bonds is 36. The molecule has 0 radical (unpaired) electrons. The first kappa shape index (κ1) is 59.6. The molecule has 2 aromatic carbocycles. The number of carbonyl (C=O) groups excluding carboxylic acids is 1. The molecule has 0 spiro atoms. The van der Waals surface area contributed by atoms with E-state index < -0.39 is 0 Å². The highest BCUT2D eigenvalue weighted by molar-refractivity contribution is 7.16. The molecule has 0 aliphatic rings. The smallest absolute Gasteiger partial charge is 0.214 e. The molecule has 4 aromatic rings. The van der Waals surface area contributed by atoms with Gasteiger partial charge in [-0.15, -0.1) is 22.7 Å². The van der Waals surface area contributed by atoms with Crippen LogP contribution in [0.25, 0.3) is 22.3 Å². The fourth-order valence-corrected chi connectivity index (χ4v) is 11.9. The number of carbonyl (C=O) groups is 1. The summed E-state index contributed by atoms with van der Waals surface area (Å²) in [5.74, 6) is 0.826. The van der Waals surface area contributed by atoms with E-state index in [1.807, 2.05) is 0 Å². The van der Waals surface area contributed by atoms with E-state index in [-0.39, 0.29) is 16.6 Å². The first-order chi connectivity index (χ1) is 33.6. The third-order valence-corrected chi connectivity index (χ3v) is 16.3. The summed E-state index contributed by atoms with van der Waals surface area (Å²) >= 11 is 3.03. The van der Waals surface area contributed by atoms with Crippen molar-refractivity contribution in [3.8, 4) is 33.8 Å². The van der Waals surface area contributed by atoms with Gasteiger partial charge in [-0.05, 0) is 121 Å². The summed E-state index contributed by atoms with van der Waals surface area (Å²) in [6.07, 6.45) is 30.4. The third kappa shape index (κ3) is 19.5. The maximum atomic E-state index is 15.1. The molecule has 0 fully saturated rings. The average Bonchev–Trinajstić information content (AvgIpc) is 4.02. The lowest BCUT2D eigenvalue weighted by Crippen LogP contribution is -2.26. The third-order valence-electron chi connectivity index (χ3n) is 14.5. The fourth-order valence-electron chi connectivity index (χ4n) is 10.1. The van der Waals surface area contributed by atoms with Crippen molar-refractivity contribution in [2.45, 2.75) is 247 Å². The van der Waals surface area contributed by atoms with E-state index in [4.69, 9.17) is 0 Å². The summed E-state index contributed by atoms with van der Waals surface area (Å²) < 4.78 is 0. The van der Waals surface area contributed by atoms with E-state index in [1.165, 1.54) is 177 Å². The molecule has 0 bridgehead atoms. The van der Waals surface area contributed by atoms with Gasteiger partial charge in [0.25, 0.3) is 0 Å². The molecule has 2 heterocycles. The first-order valence-electron chi connectivity index (χ1n) is 28.5. The van der Waals surface area contributed by atoms with Crippen LogP contribution in [0, 0.1) is 0 Å². The van der Waals surface area contributed by atoms with Gasteiger partial charge in [-0.3, -0.25) is 14.6 Å². The molecule has 2 N–H and O–H groups in total. The Morgan fingerprint density at radius 2 is 0.729 bits per heavy atom. The number of hydrogen-bond donors (Lipinski definition) is 2. The van der Waals surface area contributed by atoms with Crippen molar-refractivity contribution in [1.82, 2.24) is 9.80 Å². The molecule has 0 unspecified atom stereocenters. The minimum Gasteiger partial charge on any atom is -0.507 e. The monoisotopic (exact) mass is 997 g/mol. The molecule has 0 aliphatic carbocycles. The second-order valence-electron chi connectivity index (χ2n) is 22.8. The number of phenols is 2. The summed E-state index contributed by atoms with van der Waals surface area (Å²) in [6.45, 7) is 27.7. The van der Waals surface area contributed by atoms with Crippen molar-refractivity contribution in [2.24, 2.45) is 0 Å². The Morgan fingerprint density at radius 1 is 0.443 bits per heavy atom. The Labute approximate surface area is 437 Å². The van der Waals surface area contributed by atoms with E-state index in [0.717, 1.165) is 80.4 Å². The first-order valence-corrected chi connectivity index (χ1v) is 30.3. The maximum Gasteiger partial charge on any atom is 0.214 e. The Bertz CT molecular complexity index is 1910. The van der Waals surface area contributed by atoms with Crippen LogP contribution >= 0.6 is 22.7 Å². The number of benzene rings is 2. The number of nitrogens with zero attached hydrogens (tertiary/aromatic N) is 2. The lowest BCUT2D eigenvalue weighted by molar-refractivity contribution is 0.104. The average molecular weight is 998 g/mol. The topological polar surface area (TPSA) is 64.0 Å². The highest BCUT2D eigenvalue weighted by Crippen LogP contribution is 2.43. The van der Waals surface area contributed by atoms with Gasteiger partial charge in [0.15, 0.2) is 0 Å².